The zero-order valence-electron chi connectivity index (χ0n) is 12.4. The Labute approximate surface area is 141 Å². The summed E-state index contributed by atoms with van der Waals surface area (Å²) < 4.78 is 36.5. The van der Waals surface area contributed by atoms with Crippen molar-refractivity contribution in [2.24, 2.45) is 0 Å². The number of benzene rings is 1. The van der Waals surface area contributed by atoms with E-state index in [1.165, 1.54) is 12.1 Å². The normalized spacial score (nSPS) is 11.1. The number of carbonyl (C=O) groups excluding carboxylic acids is 2. The van der Waals surface area contributed by atoms with Crippen LogP contribution in [0.25, 0.3) is 0 Å². The van der Waals surface area contributed by atoms with Gasteiger partial charge in [0.05, 0.1) is 0 Å². The van der Waals surface area contributed by atoms with Crippen LogP contribution in [0.5, 0.6) is 0 Å². The average molecular weight is 372 g/mol. The molecule has 1 aromatic carbocycles. The lowest BCUT2D eigenvalue weighted by Gasteiger charge is -2.06. The maximum absolute atomic E-state index is 12.8. The molecule has 0 aliphatic rings. The molecule has 2 rings (SSSR count). The average Bonchev–Trinajstić information content (AvgIpc) is 2.85. The first kappa shape index (κ1) is 17.9. The number of rotatable bonds is 6. The Kier molecular flexibility index (Phi) is 5.57. The van der Waals surface area contributed by atoms with E-state index in [2.05, 4.69) is 20.8 Å². The van der Waals surface area contributed by atoms with Crippen molar-refractivity contribution < 1.29 is 22.4 Å². The smallest absolute Gasteiger partial charge is 0.241 e. The summed E-state index contributed by atoms with van der Waals surface area (Å²) in [6.07, 6.45) is 0. The Hall–Kier alpha value is -2.40. The van der Waals surface area contributed by atoms with E-state index in [-0.39, 0.29) is 10.8 Å². The summed E-state index contributed by atoms with van der Waals surface area (Å²) >= 11 is 1.10. The number of aryl methyl sites for hydroxylation is 1. The maximum Gasteiger partial charge on any atom is 0.241 e. The summed E-state index contributed by atoms with van der Waals surface area (Å²) in [7, 11) is -3.96. The quantitative estimate of drug-likeness (QED) is 0.780. The number of amides is 2. The summed E-state index contributed by atoms with van der Waals surface area (Å²) in [5, 5.41) is 12.7. The minimum Gasteiger partial charge on any atom is -0.325 e. The molecule has 1 heterocycles. The van der Waals surface area contributed by atoms with E-state index < -0.39 is 39.0 Å². The third-order valence-electron chi connectivity index (χ3n) is 2.60. The van der Waals surface area contributed by atoms with Gasteiger partial charge in [0.15, 0.2) is 9.84 Å². The molecule has 11 heteroatoms. The number of sulfone groups is 1. The highest BCUT2D eigenvalue weighted by Gasteiger charge is 2.21. The molecule has 0 unspecified atom stereocenters. The Morgan fingerprint density at radius 1 is 1.08 bits per heavy atom. The molecule has 2 aromatic rings. The molecule has 24 heavy (non-hydrogen) atoms. The topological polar surface area (TPSA) is 118 Å². The number of halogens is 1. The van der Waals surface area contributed by atoms with E-state index in [1.807, 2.05) is 0 Å². The van der Waals surface area contributed by atoms with E-state index >= 15 is 0 Å². The molecule has 128 valence electrons. The Morgan fingerprint density at radius 3 is 2.21 bits per heavy atom. The Morgan fingerprint density at radius 2 is 1.67 bits per heavy atom. The van der Waals surface area contributed by atoms with Crippen LogP contribution in [0.4, 0.5) is 15.2 Å². The van der Waals surface area contributed by atoms with Crippen LogP contribution in [0, 0.1) is 12.7 Å². The summed E-state index contributed by atoms with van der Waals surface area (Å²) in [4.78, 5) is 23.4. The van der Waals surface area contributed by atoms with Crippen molar-refractivity contribution in [2.45, 2.75) is 6.92 Å². The van der Waals surface area contributed by atoms with Gasteiger partial charge < -0.3 is 5.32 Å². The zero-order valence-corrected chi connectivity index (χ0v) is 14.1. The van der Waals surface area contributed by atoms with Gasteiger partial charge in [-0.05, 0) is 31.2 Å². The molecule has 0 radical (unpaired) electrons. The molecule has 0 aliphatic heterocycles. The van der Waals surface area contributed by atoms with Crippen molar-refractivity contribution in [2.75, 3.05) is 22.1 Å². The van der Waals surface area contributed by atoms with Gasteiger partial charge in [0.1, 0.15) is 22.3 Å². The van der Waals surface area contributed by atoms with Crippen molar-refractivity contribution in [3.63, 3.8) is 0 Å². The molecule has 0 saturated carbocycles. The number of hydrogen-bond donors (Lipinski definition) is 2. The van der Waals surface area contributed by atoms with Crippen LogP contribution in [-0.4, -0.2) is 41.9 Å². The standard InChI is InChI=1S/C13H13FN4O4S2/c1-8-17-18-13(23-8)16-12(20)7-24(21,22)6-11(19)15-10-4-2-9(14)3-5-10/h2-5H,6-7H2,1H3,(H,15,19)(H,16,18,20). The zero-order chi connectivity index (χ0) is 17.7. The molecule has 2 amide bonds. The summed E-state index contributed by atoms with van der Waals surface area (Å²) in [5.41, 5.74) is 0.255. The summed E-state index contributed by atoms with van der Waals surface area (Å²) in [5.74, 6) is -3.83. The second-order valence-electron chi connectivity index (χ2n) is 4.76. The van der Waals surface area contributed by atoms with Gasteiger partial charge in [-0.2, -0.15) is 0 Å². The predicted octanol–water partition coefficient (Wildman–Crippen LogP) is 0.978. The van der Waals surface area contributed by atoms with E-state index in [0.29, 0.717) is 5.01 Å². The molecule has 0 saturated heterocycles. The number of nitrogens with zero attached hydrogens (tertiary/aromatic N) is 2. The highest BCUT2D eigenvalue weighted by molar-refractivity contribution is 7.92. The minimum absolute atomic E-state index is 0.184. The van der Waals surface area contributed by atoms with E-state index in [4.69, 9.17) is 0 Å². The van der Waals surface area contributed by atoms with Crippen molar-refractivity contribution in [1.29, 1.82) is 0 Å². The summed E-state index contributed by atoms with van der Waals surface area (Å²) in [6, 6.07) is 4.85. The van der Waals surface area contributed by atoms with Crippen LogP contribution in [0.1, 0.15) is 5.01 Å². The van der Waals surface area contributed by atoms with Crippen LogP contribution >= 0.6 is 11.3 Å². The number of aromatic nitrogens is 2. The molecule has 0 aliphatic carbocycles. The van der Waals surface area contributed by atoms with E-state index in [9.17, 15) is 22.4 Å². The fourth-order valence-corrected chi connectivity index (χ4v) is 3.34. The lowest BCUT2D eigenvalue weighted by molar-refractivity contribution is -0.114. The number of carbonyl (C=O) groups is 2. The fourth-order valence-electron chi connectivity index (χ4n) is 1.68. The molecular weight excluding hydrogens is 359 g/mol. The molecule has 0 bridgehead atoms. The second-order valence-corrected chi connectivity index (χ2v) is 8.01. The van der Waals surface area contributed by atoms with Crippen LogP contribution in [0.15, 0.2) is 24.3 Å². The van der Waals surface area contributed by atoms with Gasteiger partial charge in [0.2, 0.25) is 16.9 Å². The van der Waals surface area contributed by atoms with Crippen LogP contribution in [0.2, 0.25) is 0 Å². The van der Waals surface area contributed by atoms with Gasteiger partial charge in [0, 0.05) is 5.69 Å². The van der Waals surface area contributed by atoms with Crippen molar-refractivity contribution in [3.05, 3.63) is 35.1 Å². The van der Waals surface area contributed by atoms with Crippen molar-refractivity contribution >= 4 is 43.8 Å². The maximum atomic E-state index is 12.8. The largest absolute Gasteiger partial charge is 0.325 e. The monoisotopic (exact) mass is 372 g/mol. The third-order valence-corrected chi connectivity index (χ3v) is 4.76. The van der Waals surface area contributed by atoms with Gasteiger partial charge in [-0.15, -0.1) is 10.2 Å². The number of nitrogens with one attached hydrogen (secondary N) is 2. The van der Waals surface area contributed by atoms with Gasteiger partial charge >= 0.3 is 0 Å². The van der Waals surface area contributed by atoms with Crippen molar-refractivity contribution in [1.82, 2.24) is 10.2 Å². The summed E-state index contributed by atoms with van der Waals surface area (Å²) in [6.45, 7) is 1.68. The van der Waals surface area contributed by atoms with Gasteiger partial charge in [0.25, 0.3) is 0 Å². The lowest BCUT2D eigenvalue weighted by atomic mass is 10.3. The highest BCUT2D eigenvalue weighted by atomic mass is 32.2. The van der Waals surface area contributed by atoms with Gasteiger partial charge in [-0.3, -0.25) is 14.9 Å². The molecule has 1 aromatic heterocycles. The number of anilines is 2. The molecule has 0 fully saturated rings. The molecule has 2 N–H and O–H groups in total. The number of hydrogen-bond acceptors (Lipinski definition) is 7. The van der Waals surface area contributed by atoms with Crippen LogP contribution < -0.4 is 10.6 Å². The Bertz CT molecular complexity index is 849. The first-order chi connectivity index (χ1) is 11.2. The van der Waals surface area contributed by atoms with E-state index in [1.54, 1.807) is 6.92 Å². The molecular formula is C13H13FN4O4S2. The molecule has 0 spiro atoms. The van der Waals surface area contributed by atoms with E-state index in [0.717, 1.165) is 23.5 Å². The lowest BCUT2D eigenvalue weighted by Crippen LogP contribution is -2.30. The minimum atomic E-state index is -3.96. The third kappa shape index (κ3) is 5.66. The predicted molar refractivity (Wildman–Crippen MR) is 87.0 cm³/mol. The Balaban J connectivity index is 1.88. The van der Waals surface area contributed by atoms with Crippen molar-refractivity contribution in [3.8, 4) is 0 Å². The first-order valence-electron chi connectivity index (χ1n) is 6.59. The fraction of sp³-hybridized carbons (Fsp3) is 0.231. The first-order valence-corrected chi connectivity index (χ1v) is 9.23. The van der Waals surface area contributed by atoms with Gasteiger partial charge in [-0.1, -0.05) is 11.3 Å². The SMILES string of the molecule is Cc1nnc(NC(=O)CS(=O)(=O)CC(=O)Nc2ccc(F)cc2)s1. The molecule has 0 atom stereocenters. The van der Waals surface area contributed by atoms with Gasteiger partial charge in [-0.25, -0.2) is 12.8 Å². The van der Waals surface area contributed by atoms with Crippen LogP contribution in [-0.2, 0) is 19.4 Å². The second kappa shape index (κ2) is 7.45. The van der Waals surface area contributed by atoms with Crippen LogP contribution in [0.3, 0.4) is 0 Å². The molecule has 8 nitrogen and oxygen atoms in total. The highest BCUT2D eigenvalue weighted by Crippen LogP contribution is 2.13.